The molecule has 23 heavy (non-hydrogen) atoms. The molecule has 1 amide bonds. The number of carboxylic acids is 1. The van der Waals surface area contributed by atoms with Gasteiger partial charge in [-0.25, -0.2) is 0 Å². The molecule has 1 fully saturated rings. The number of aliphatic hydroxyl groups excluding tert-OH is 1. The summed E-state index contributed by atoms with van der Waals surface area (Å²) in [6.45, 7) is 3.73. The second kappa shape index (κ2) is 5.34. The van der Waals surface area contributed by atoms with Crippen molar-refractivity contribution in [3.8, 4) is 0 Å². The maximum atomic E-state index is 12.2. The highest BCUT2D eigenvalue weighted by atomic mass is 16.4. The molecule has 1 aromatic rings. The number of aliphatic carboxylic acids is 1. The minimum Gasteiger partial charge on any atom is -0.543 e. The number of carbonyl (C=O) groups excluding carboxylic acids is 2. The predicted molar refractivity (Wildman–Crippen MR) is 78.1 cm³/mol. The summed E-state index contributed by atoms with van der Waals surface area (Å²) in [5, 5.41) is 21.4. The molecule has 0 bridgehead atoms. The van der Waals surface area contributed by atoms with Crippen molar-refractivity contribution in [1.82, 2.24) is 4.90 Å². The molecule has 2 aliphatic heterocycles. The molecular formula is C16H19N3O4. The van der Waals surface area contributed by atoms with E-state index in [4.69, 9.17) is 5.73 Å². The molecule has 0 saturated carbocycles. The Labute approximate surface area is 133 Å². The minimum atomic E-state index is -1.36. The Kier molecular flexibility index (Phi) is 3.60. The lowest BCUT2D eigenvalue weighted by molar-refractivity contribution is -0.689. The number of nitrogen functional groups attached to an aromatic ring is 1. The standard InChI is InChI=1S/C16H19N3O4/c1-8-11(7-18-5-3-4-10(17)6-18)14(16(22)23)19-13(8)12(9(2)20)15(19)21/h3-6,8-9,12-13,20H,7,17H2,1-2H3/t8-,9+,12+,13+/m0/s1. The third kappa shape index (κ3) is 2.28. The molecule has 4 atom stereocenters. The predicted octanol–water partition coefficient (Wildman–Crippen LogP) is -1.58. The number of β-lactam (4-membered cyclic amide) rings is 1. The quantitative estimate of drug-likeness (QED) is 0.514. The Morgan fingerprint density at radius 3 is 2.83 bits per heavy atom. The van der Waals surface area contributed by atoms with Gasteiger partial charge in [-0.1, -0.05) is 6.92 Å². The van der Waals surface area contributed by atoms with Crippen LogP contribution in [0.3, 0.4) is 0 Å². The number of aromatic nitrogens is 1. The fraction of sp³-hybridized carbons (Fsp3) is 0.438. The first kappa shape index (κ1) is 15.5. The monoisotopic (exact) mass is 317 g/mol. The van der Waals surface area contributed by atoms with Crippen molar-refractivity contribution in [1.29, 1.82) is 0 Å². The number of nitrogens with two attached hydrogens (primary N) is 1. The number of nitrogens with zero attached hydrogens (tertiary/aromatic N) is 2. The van der Waals surface area contributed by atoms with Crippen LogP contribution in [-0.4, -0.2) is 34.0 Å². The molecule has 0 aliphatic carbocycles. The van der Waals surface area contributed by atoms with Gasteiger partial charge >= 0.3 is 0 Å². The van der Waals surface area contributed by atoms with Crippen molar-refractivity contribution in [2.45, 2.75) is 32.5 Å². The fourth-order valence-corrected chi connectivity index (χ4v) is 3.68. The molecule has 7 heteroatoms. The highest BCUT2D eigenvalue weighted by Crippen LogP contribution is 2.46. The van der Waals surface area contributed by atoms with Crippen LogP contribution >= 0.6 is 0 Å². The third-order valence-electron chi connectivity index (χ3n) is 4.74. The number of carboxylic acid groups (broad SMARTS) is 1. The van der Waals surface area contributed by atoms with Gasteiger partial charge in [-0.3, -0.25) is 4.79 Å². The SMILES string of the molecule is C[C@@H](O)[C@H]1C(=O)N2C(C(=O)[O-])=C(C[n+]3cccc(N)c3)[C@H](C)[C@H]12. The van der Waals surface area contributed by atoms with Crippen molar-refractivity contribution >= 4 is 17.6 Å². The van der Waals surface area contributed by atoms with Crippen LogP contribution in [0.5, 0.6) is 0 Å². The molecule has 7 nitrogen and oxygen atoms in total. The number of anilines is 1. The number of amides is 1. The highest BCUT2D eigenvalue weighted by molar-refractivity contribution is 5.99. The lowest BCUT2D eigenvalue weighted by atomic mass is 9.78. The Bertz CT molecular complexity index is 713. The van der Waals surface area contributed by atoms with Crippen LogP contribution < -0.4 is 15.4 Å². The van der Waals surface area contributed by atoms with E-state index in [1.165, 1.54) is 4.90 Å². The molecular weight excluding hydrogens is 298 g/mol. The molecule has 0 aromatic carbocycles. The fourth-order valence-electron chi connectivity index (χ4n) is 3.68. The summed E-state index contributed by atoms with van der Waals surface area (Å²) in [5.74, 6) is -2.46. The van der Waals surface area contributed by atoms with Gasteiger partial charge in [0.2, 0.25) is 5.91 Å². The van der Waals surface area contributed by atoms with Crippen LogP contribution in [0, 0.1) is 11.8 Å². The van der Waals surface area contributed by atoms with Gasteiger partial charge in [0.15, 0.2) is 18.9 Å². The number of hydrogen-bond donors (Lipinski definition) is 2. The zero-order chi connectivity index (χ0) is 16.9. The maximum Gasteiger partial charge on any atom is 0.235 e. The van der Waals surface area contributed by atoms with Crippen molar-refractivity contribution < 1.29 is 24.4 Å². The smallest absolute Gasteiger partial charge is 0.235 e. The minimum absolute atomic E-state index is 0.0701. The number of aliphatic hydroxyl groups is 1. The number of pyridine rings is 1. The molecule has 0 unspecified atom stereocenters. The van der Waals surface area contributed by atoms with E-state index in [2.05, 4.69) is 0 Å². The summed E-state index contributed by atoms with van der Waals surface area (Å²) in [4.78, 5) is 25.0. The van der Waals surface area contributed by atoms with Crippen LogP contribution in [0.15, 0.2) is 35.8 Å². The van der Waals surface area contributed by atoms with Crippen LogP contribution in [0.2, 0.25) is 0 Å². The molecule has 2 aliphatic rings. The van der Waals surface area contributed by atoms with Crippen molar-refractivity contribution in [2.24, 2.45) is 11.8 Å². The number of carbonyl (C=O) groups is 2. The number of hydrogen-bond acceptors (Lipinski definition) is 5. The highest BCUT2D eigenvalue weighted by Gasteiger charge is 2.58. The molecule has 1 saturated heterocycles. The zero-order valence-electron chi connectivity index (χ0n) is 13.0. The molecule has 122 valence electrons. The van der Waals surface area contributed by atoms with E-state index in [9.17, 15) is 19.8 Å². The van der Waals surface area contributed by atoms with Gasteiger partial charge in [0.1, 0.15) is 0 Å². The van der Waals surface area contributed by atoms with Gasteiger partial charge in [0.05, 0.1) is 35.4 Å². The van der Waals surface area contributed by atoms with E-state index in [1.54, 1.807) is 36.0 Å². The van der Waals surface area contributed by atoms with Crippen molar-refractivity contribution in [2.75, 3.05) is 5.73 Å². The Hall–Kier alpha value is -2.41. The average Bonchev–Trinajstić information content (AvgIpc) is 2.69. The van der Waals surface area contributed by atoms with Crippen LogP contribution in [-0.2, 0) is 16.1 Å². The van der Waals surface area contributed by atoms with Gasteiger partial charge in [0.25, 0.3) is 0 Å². The van der Waals surface area contributed by atoms with E-state index >= 15 is 0 Å². The average molecular weight is 317 g/mol. The number of rotatable bonds is 4. The molecule has 0 radical (unpaired) electrons. The lowest BCUT2D eigenvalue weighted by Crippen LogP contribution is -2.64. The van der Waals surface area contributed by atoms with E-state index in [1.807, 2.05) is 6.92 Å². The van der Waals surface area contributed by atoms with Crippen LogP contribution in [0.4, 0.5) is 5.69 Å². The second-order valence-electron chi connectivity index (χ2n) is 6.22. The van der Waals surface area contributed by atoms with Gasteiger partial charge in [0, 0.05) is 17.6 Å². The van der Waals surface area contributed by atoms with Crippen LogP contribution in [0.1, 0.15) is 13.8 Å². The second-order valence-corrected chi connectivity index (χ2v) is 6.22. The van der Waals surface area contributed by atoms with Crippen molar-refractivity contribution in [3.05, 3.63) is 35.8 Å². The number of fused-ring (bicyclic) bond motifs is 1. The van der Waals surface area contributed by atoms with E-state index in [0.717, 1.165) is 0 Å². The van der Waals surface area contributed by atoms with Gasteiger partial charge in [-0.15, -0.1) is 0 Å². The molecule has 3 N–H and O–H groups in total. The maximum absolute atomic E-state index is 12.2. The van der Waals surface area contributed by atoms with E-state index in [0.29, 0.717) is 17.8 Å². The van der Waals surface area contributed by atoms with Gasteiger partial charge in [-0.2, -0.15) is 4.57 Å². The Balaban J connectivity index is 1.98. The molecule has 3 rings (SSSR count). The van der Waals surface area contributed by atoms with E-state index < -0.39 is 18.0 Å². The summed E-state index contributed by atoms with van der Waals surface area (Å²) >= 11 is 0. The topological polar surface area (TPSA) is 111 Å². The van der Waals surface area contributed by atoms with Gasteiger partial charge in [-0.05, 0) is 13.0 Å². The van der Waals surface area contributed by atoms with Crippen molar-refractivity contribution in [3.63, 3.8) is 0 Å². The summed E-state index contributed by atoms with van der Waals surface area (Å²) < 4.78 is 1.78. The molecule has 0 spiro atoms. The summed E-state index contributed by atoms with van der Waals surface area (Å²) in [6, 6.07) is 3.18. The largest absolute Gasteiger partial charge is 0.543 e. The van der Waals surface area contributed by atoms with E-state index in [-0.39, 0.29) is 23.6 Å². The molecule has 1 aromatic heterocycles. The molecule has 3 heterocycles. The zero-order valence-corrected chi connectivity index (χ0v) is 13.0. The first-order valence-corrected chi connectivity index (χ1v) is 7.53. The normalized spacial score (nSPS) is 27.7. The summed E-state index contributed by atoms with van der Waals surface area (Å²) in [7, 11) is 0. The van der Waals surface area contributed by atoms with Gasteiger partial charge < -0.3 is 25.6 Å². The third-order valence-corrected chi connectivity index (χ3v) is 4.74. The Morgan fingerprint density at radius 1 is 1.57 bits per heavy atom. The first-order chi connectivity index (χ1) is 10.8. The summed E-state index contributed by atoms with van der Waals surface area (Å²) in [5.41, 5.74) is 6.86. The first-order valence-electron chi connectivity index (χ1n) is 7.53. The summed E-state index contributed by atoms with van der Waals surface area (Å²) in [6.07, 6.45) is 2.68. The lowest BCUT2D eigenvalue weighted by Gasteiger charge is -2.47. The van der Waals surface area contributed by atoms with Crippen LogP contribution in [0.25, 0.3) is 0 Å². The Morgan fingerprint density at radius 2 is 2.26 bits per heavy atom.